The Morgan fingerprint density at radius 2 is 1.03 bits per heavy atom. The number of thiophene rings is 2. The first-order valence-electron chi connectivity index (χ1n) is 17.0. The highest BCUT2D eigenvalue weighted by Crippen LogP contribution is 2.38. The quantitative estimate of drug-likeness (QED) is 0.0572. The zero-order valence-corrected chi connectivity index (χ0v) is 38.8. The van der Waals surface area contributed by atoms with Crippen molar-refractivity contribution in [2.45, 2.75) is 30.9 Å². The van der Waals surface area contributed by atoms with Crippen LogP contribution in [0.15, 0.2) is 126 Å². The average molecular weight is 1060 g/mol. The van der Waals surface area contributed by atoms with Crippen molar-refractivity contribution in [2.24, 2.45) is 0 Å². The summed E-state index contributed by atoms with van der Waals surface area (Å²) in [7, 11) is -17.6. The van der Waals surface area contributed by atoms with Gasteiger partial charge in [0.05, 0.1) is 58.2 Å². The zero-order chi connectivity index (χ0) is 46.1. The Labute approximate surface area is 386 Å². The van der Waals surface area contributed by atoms with Gasteiger partial charge in [-0.15, -0.1) is 22.7 Å². The van der Waals surface area contributed by atoms with E-state index in [2.05, 4.69) is 24.2 Å². The van der Waals surface area contributed by atoms with E-state index in [0.717, 1.165) is 71.2 Å². The second-order valence-corrected chi connectivity index (χ2v) is 23.8. The summed E-state index contributed by atoms with van der Waals surface area (Å²) in [5.74, 6) is -1.29. The van der Waals surface area contributed by atoms with E-state index in [-0.39, 0.29) is 56.9 Å². The number of alkyl halides is 3. The monoisotopic (exact) mass is 1060 g/mol. The first-order valence-corrected chi connectivity index (χ1v) is 26.2. The molecule has 2 heterocycles. The van der Waals surface area contributed by atoms with E-state index in [4.69, 9.17) is 46.4 Å². The summed E-state index contributed by atoms with van der Waals surface area (Å²) >= 11 is 26.4. The first-order chi connectivity index (χ1) is 29.4. The van der Waals surface area contributed by atoms with Crippen LogP contribution in [0.1, 0.15) is 11.1 Å². The van der Waals surface area contributed by atoms with Gasteiger partial charge in [-0.1, -0.05) is 76.7 Å². The van der Waals surface area contributed by atoms with Crippen molar-refractivity contribution in [3.63, 3.8) is 0 Å². The molecule has 6 aromatic rings. The third-order valence-electron chi connectivity index (χ3n) is 8.27. The van der Waals surface area contributed by atoms with Gasteiger partial charge in [-0.25, -0.2) is 29.5 Å². The van der Waals surface area contributed by atoms with Gasteiger partial charge in [0, 0.05) is 6.54 Å². The van der Waals surface area contributed by atoms with Crippen molar-refractivity contribution in [2.75, 3.05) is 18.9 Å². The van der Waals surface area contributed by atoms with E-state index >= 15 is 0 Å². The molecular weight excluding hydrogens is 1040 g/mol. The molecular formula is C36H26Cl4F3N5O9S6. The molecule has 1 amide bonds. The number of hydrogen-bond donors (Lipinski definition) is 6. The molecule has 1 unspecified atom stereocenters. The highest BCUT2D eigenvalue weighted by Gasteiger charge is 2.32. The normalized spacial score (nSPS) is 13.1. The summed E-state index contributed by atoms with van der Waals surface area (Å²) < 4.78 is 143. The minimum Gasteiger partial charge on any atom is -0.348 e. The highest BCUT2D eigenvalue weighted by atomic mass is 35.5. The zero-order valence-electron chi connectivity index (χ0n) is 30.9. The summed E-state index contributed by atoms with van der Waals surface area (Å²) in [6.07, 6.45) is -4.87. The number of amides is 1. The van der Waals surface area contributed by atoms with E-state index in [9.17, 15) is 52.5 Å². The number of halogens is 7. The lowest BCUT2D eigenvalue weighted by atomic mass is 10.2. The fourth-order valence-electron chi connectivity index (χ4n) is 5.24. The molecule has 0 saturated heterocycles. The number of benzene rings is 4. The maximum absolute atomic E-state index is 14.7. The number of aliphatic hydroxyl groups is 1. The van der Waals surface area contributed by atoms with Crippen LogP contribution in [-0.4, -0.2) is 45.5 Å². The lowest BCUT2D eigenvalue weighted by molar-refractivity contribution is -0.137. The van der Waals surface area contributed by atoms with Crippen molar-refractivity contribution < 1.29 is 52.5 Å². The minimum atomic E-state index is -4.87. The van der Waals surface area contributed by atoms with E-state index in [1.54, 1.807) is 0 Å². The van der Waals surface area contributed by atoms with Gasteiger partial charge in [-0.05, 0) is 83.1 Å². The number of carbonyl (C=O) groups is 1. The SMILES string of the molecule is O=C(NCc1ccc(S(=O)(=O)Nc2cc(Cl)c(Cl)cc2NS(=O)(=O)c2cccs2)cc1)C(O)=S(=O)(Nc1cc(Cl)c(Cl)cc1NS(=O)(=O)c1cccc(C(F)(F)F)c1)c1cccs1. The second-order valence-electron chi connectivity index (χ2n) is 12.6. The van der Waals surface area contributed by atoms with E-state index in [1.165, 1.54) is 47.2 Å². The summed E-state index contributed by atoms with van der Waals surface area (Å²) in [5, 5.41) is 14.7. The van der Waals surface area contributed by atoms with Crippen LogP contribution in [0.4, 0.5) is 35.9 Å². The van der Waals surface area contributed by atoms with Gasteiger partial charge in [0.2, 0.25) is 5.05 Å². The number of anilines is 4. The Balaban J connectivity index is 1.23. The number of hydrogen-bond acceptors (Lipinski definition) is 10. The van der Waals surface area contributed by atoms with E-state index in [0.29, 0.717) is 12.1 Å². The third kappa shape index (κ3) is 11.2. The van der Waals surface area contributed by atoms with Crippen LogP contribution in [0.3, 0.4) is 0 Å². The van der Waals surface area contributed by atoms with Gasteiger partial charge in [-0.3, -0.25) is 19.0 Å². The lowest BCUT2D eigenvalue weighted by Gasteiger charge is -2.20. The molecule has 6 rings (SSSR count). The van der Waals surface area contributed by atoms with Gasteiger partial charge in [0.25, 0.3) is 36.0 Å². The summed E-state index contributed by atoms with van der Waals surface area (Å²) in [4.78, 5) is 12.3. The predicted octanol–water partition coefficient (Wildman–Crippen LogP) is 9.52. The highest BCUT2D eigenvalue weighted by molar-refractivity contribution is 8.06. The Morgan fingerprint density at radius 1 is 0.571 bits per heavy atom. The smallest absolute Gasteiger partial charge is 0.348 e. The van der Waals surface area contributed by atoms with Gasteiger partial charge in [-0.2, -0.15) is 13.2 Å². The molecule has 0 fully saturated rings. The minimum absolute atomic E-state index is 0.0536. The van der Waals surface area contributed by atoms with Gasteiger partial charge in [0.15, 0.2) is 0 Å². The topological polar surface area (TPSA) is 217 Å². The summed E-state index contributed by atoms with van der Waals surface area (Å²) in [6.45, 7) is -0.368. The van der Waals surface area contributed by atoms with Gasteiger partial charge < -0.3 is 15.1 Å². The molecule has 0 spiro atoms. The Morgan fingerprint density at radius 3 is 1.51 bits per heavy atom. The van der Waals surface area contributed by atoms with Crippen LogP contribution in [0.25, 0.3) is 0 Å². The van der Waals surface area contributed by atoms with Crippen LogP contribution in [0.5, 0.6) is 0 Å². The average Bonchev–Trinajstić information content (AvgIpc) is 3.97. The Kier molecular flexibility index (Phi) is 14.3. The van der Waals surface area contributed by atoms with Crippen molar-refractivity contribution >= 4 is 143 Å². The first kappa shape index (κ1) is 48.2. The molecule has 1 atom stereocenters. The van der Waals surface area contributed by atoms with Crippen molar-refractivity contribution in [1.82, 2.24) is 5.32 Å². The number of carbonyl (C=O) groups excluding carboxylic acids is 1. The fraction of sp³-hybridized carbons (Fsp3) is 0.0556. The molecule has 0 radical (unpaired) electrons. The molecule has 2 aromatic heterocycles. The van der Waals surface area contributed by atoms with Gasteiger partial charge in [0.1, 0.15) is 18.1 Å². The molecule has 27 heteroatoms. The second kappa shape index (κ2) is 18.7. The fourth-order valence-corrected chi connectivity index (χ4v) is 13.1. The molecule has 0 aliphatic carbocycles. The maximum atomic E-state index is 14.7. The largest absolute Gasteiger partial charge is 0.416 e. The van der Waals surface area contributed by atoms with Crippen molar-refractivity contribution in [1.29, 1.82) is 0 Å². The number of aliphatic hydroxyl groups excluding tert-OH is 1. The van der Waals surface area contributed by atoms with E-state index < -0.39 is 78.7 Å². The van der Waals surface area contributed by atoms with Gasteiger partial charge >= 0.3 is 6.18 Å². The van der Waals surface area contributed by atoms with Crippen LogP contribution < -0.4 is 24.2 Å². The standard InChI is InChI=1S/C36H26Cl4F3N5O9S6/c37-24-15-28(29(16-25(24)38)47-62(54,55)23-5-1-4-21(14-23)36(41,42)43)45-60(51,32-6-2-12-58-32)35(50)34(49)44-19-20-8-10-22(11-9-20)61(52,53)46-30-17-26(39)27(40)18-31(30)48-63(56,57)33-7-3-13-59-33/h1-18,46-48,50H,19H2,(H,44,49)(H,45,51). The molecule has 4 aromatic carbocycles. The van der Waals surface area contributed by atoms with Crippen molar-refractivity contribution in [3.05, 3.63) is 139 Å². The molecule has 0 saturated carbocycles. The molecule has 14 nitrogen and oxygen atoms in total. The van der Waals surface area contributed by atoms with Crippen LogP contribution in [0.2, 0.25) is 20.1 Å². The Bertz CT molecular complexity index is 3190. The number of nitrogens with one attached hydrogen (secondary N) is 5. The van der Waals surface area contributed by atoms with Crippen molar-refractivity contribution in [3.8, 4) is 0 Å². The third-order valence-corrected chi connectivity index (χ3v) is 18.8. The Hall–Kier alpha value is -4.27. The molecule has 334 valence electrons. The van der Waals surface area contributed by atoms with Crippen LogP contribution in [0, 0.1) is 0 Å². The number of rotatable bonds is 14. The maximum Gasteiger partial charge on any atom is 0.416 e. The predicted molar refractivity (Wildman–Crippen MR) is 241 cm³/mol. The molecule has 63 heavy (non-hydrogen) atoms. The lowest BCUT2D eigenvalue weighted by Crippen LogP contribution is -2.37. The summed E-state index contributed by atoms with van der Waals surface area (Å²) in [6, 6.07) is 17.6. The van der Waals surface area contributed by atoms with E-state index in [1.807, 2.05) is 0 Å². The van der Waals surface area contributed by atoms with Crippen LogP contribution >= 0.6 is 69.1 Å². The summed E-state index contributed by atoms with van der Waals surface area (Å²) in [5.41, 5.74) is -2.33. The molecule has 0 bridgehead atoms. The van der Waals surface area contributed by atoms with Crippen LogP contribution in [-0.2, 0) is 57.3 Å². The molecule has 0 aliphatic heterocycles. The molecule has 6 N–H and O–H groups in total. The molecule has 0 aliphatic rings. The number of sulfonamides is 3.